The zero-order chi connectivity index (χ0) is 13.8. The van der Waals surface area contributed by atoms with Gasteiger partial charge in [-0.1, -0.05) is 13.8 Å². The largest absolute Gasteiger partial charge is 0.391 e. The third-order valence-corrected chi connectivity index (χ3v) is 3.87. The molecule has 0 fully saturated rings. The predicted octanol–water partition coefficient (Wildman–Crippen LogP) is 0.248. The average molecular weight is 269 g/mol. The minimum atomic E-state index is -3.83. The number of aromatic nitrogens is 1. The van der Waals surface area contributed by atoms with E-state index in [4.69, 9.17) is 5.26 Å². The molecule has 0 bridgehead atoms. The van der Waals surface area contributed by atoms with Crippen LogP contribution in [0.3, 0.4) is 0 Å². The molecule has 0 saturated heterocycles. The van der Waals surface area contributed by atoms with Crippen molar-refractivity contribution < 1.29 is 13.5 Å². The van der Waals surface area contributed by atoms with Gasteiger partial charge in [0.15, 0.2) is 5.69 Å². The van der Waals surface area contributed by atoms with Crippen molar-refractivity contribution in [2.45, 2.75) is 24.8 Å². The molecule has 6 nitrogen and oxygen atoms in total. The fraction of sp³-hybridized carbons (Fsp3) is 0.455. The zero-order valence-electron chi connectivity index (χ0n) is 10.2. The molecule has 18 heavy (non-hydrogen) atoms. The second kappa shape index (κ2) is 5.91. The van der Waals surface area contributed by atoms with Crippen LogP contribution < -0.4 is 4.72 Å². The Labute approximate surface area is 106 Å². The van der Waals surface area contributed by atoms with Crippen LogP contribution in [0.4, 0.5) is 0 Å². The molecule has 1 aromatic rings. The Bertz CT molecular complexity index is 549. The van der Waals surface area contributed by atoms with E-state index in [0.29, 0.717) is 0 Å². The van der Waals surface area contributed by atoms with Crippen molar-refractivity contribution in [2.24, 2.45) is 5.92 Å². The summed E-state index contributed by atoms with van der Waals surface area (Å²) in [6.07, 6.45) is 0.572. The van der Waals surface area contributed by atoms with Crippen molar-refractivity contribution in [3.05, 3.63) is 24.0 Å². The molecule has 7 heteroatoms. The Morgan fingerprint density at radius 3 is 2.78 bits per heavy atom. The van der Waals surface area contributed by atoms with Crippen LogP contribution in [-0.2, 0) is 10.0 Å². The minimum Gasteiger partial charge on any atom is -0.391 e. The summed E-state index contributed by atoms with van der Waals surface area (Å²) in [5.41, 5.74) is -0.163. The highest BCUT2D eigenvalue weighted by molar-refractivity contribution is 7.89. The van der Waals surface area contributed by atoms with Crippen LogP contribution in [0.2, 0.25) is 0 Å². The SMILES string of the molecule is CC(C)C(O)CNS(=O)(=O)c1cccnc1C#N. The maximum atomic E-state index is 11.9. The molecule has 1 rings (SSSR count). The number of sulfonamides is 1. The summed E-state index contributed by atoms with van der Waals surface area (Å²) in [6.45, 7) is 3.47. The Hall–Kier alpha value is -1.49. The Morgan fingerprint density at radius 2 is 2.22 bits per heavy atom. The molecule has 2 N–H and O–H groups in total. The van der Waals surface area contributed by atoms with Gasteiger partial charge >= 0.3 is 0 Å². The number of nitrogens with zero attached hydrogens (tertiary/aromatic N) is 2. The van der Waals surface area contributed by atoms with Gasteiger partial charge < -0.3 is 5.11 Å². The van der Waals surface area contributed by atoms with E-state index in [2.05, 4.69) is 9.71 Å². The summed E-state index contributed by atoms with van der Waals surface area (Å²) < 4.78 is 26.1. The molecule has 1 unspecified atom stereocenters. The van der Waals surface area contributed by atoms with Crippen LogP contribution in [0.15, 0.2) is 23.2 Å². The number of hydrogen-bond donors (Lipinski definition) is 2. The summed E-state index contributed by atoms with van der Waals surface area (Å²) >= 11 is 0. The van der Waals surface area contributed by atoms with Gasteiger partial charge in [-0.3, -0.25) is 0 Å². The van der Waals surface area contributed by atoms with Crippen molar-refractivity contribution in [2.75, 3.05) is 6.54 Å². The second-order valence-corrected chi connectivity index (χ2v) is 5.86. The number of nitriles is 1. The maximum absolute atomic E-state index is 11.9. The lowest BCUT2D eigenvalue weighted by molar-refractivity contribution is 0.129. The van der Waals surface area contributed by atoms with E-state index < -0.39 is 16.1 Å². The average Bonchev–Trinajstić information content (AvgIpc) is 2.35. The number of pyridine rings is 1. The lowest BCUT2D eigenvalue weighted by Gasteiger charge is -2.15. The van der Waals surface area contributed by atoms with Crippen molar-refractivity contribution in [1.82, 2.24) is 9.71 Å². The van der Waals surface area contributed by atoms with Gasteiger partial charge in [0, 0.05) is 12.7 Å². The Morgan fingerprint density at radius 1 is 1.56 bits per heavy atom. The number of rotatable bonds is 5. The van der Waals surface area contributed by atoms with Gasteiger partial charge in [-0.05, 0) is 18.1 Å². The Balaban J connectivity index is 2.91. The monoisotopic (exact) mass is 269 g/mol. The van der Waals surface area contributed by atoms with E-state index in [1.807, 2.05) is 0 Å². The van der Waals surface area contributed by atoms with Crippen molar-refractivity contribution in [3.8, 4) is 6.07 Å². The fourth-order valence-electron chi connectivity index (χ4n) is 1.20. The molecule has 0 aromatic carbocycles. The van der Waals surface area contributed by atoms with Crippen LogP contribution in [0.25, 0.3) is 0 Å². The van der Waals surface area contributed by atoms with Crippen LogP contribution in [0, 0.1) is 17.2 Å². The lowest BCUT2D eigenvalue weighted by atomic mass is 10.1. The third kappa shape index (κ3) is 3.50. The van der Waals surface area contributed by atoms with Crippen molar-refractivity contribution in [1.29, 1.82) is 5.26 Å². The molecular weight excluding hydrogens is 254 g/mol. The van der Waals surface area contributed by atoms with Crippen LogP contribution in [-0.4, -0.2) is 31.2 Å². The molecule has 0 spiro atoms. The standard InChI is InChI=1S/C11H15N3O3S/c1-8(2)10(15)7-14-18(16,17)11-4-3-5-13-9(11)6-12/h3-5,8,10,14-15H,7H2,1-2H3. The van der Waals surface area contributed by atoms with Crippen molar-refractivity contribution >= 4 is 10.0 Å². The molecule has 98 valence electrons. The van der Waals surface area contributed by atoms with Gasteiger partial charge in [0.2, 0.25) is 10.0 Å². The summed E-state index contributed by atoms with van der Waals surface area (Å²) in [5, 5.41) is 18.3. The molecule has 0 radical (unpaired) electrons. The summed E-state index contributed by atoms with van der Waals surface area (Å²) in [5.74, 6) is -0.0583. The van der Waals surface area contributed by atoms with E-state index in [1.165, 1.54) is 18.3 Å². The number of hydrogen-bond acceptors (Lipinski definition) is 5. The maximum Gasteiger partial charge on any atom is 0.243 e. The van der Waals surface area contributed by atoms with E-state index in [1.54, 1.807) is 19.9 Å². The molecule has 0 saturated carbocycles. The topological polar surface area (TPSA) is 103 Å². The highest BCUT2D eigenvalue weighted by Crippen LogP contribution is 2.12. The van der Waals surface area contributed by atoms with E-state index in [9.17, 15) is 13.5 Å². The van der Waals surface area contributed by atoms with Gasteiger partial charge in [-0.25, -0.2) is 18.1 Å². The Kier molecular flexibility index (Phi) is 4.78. The van der Waals surface area contributed by atoms with E-state index >= 15 is 0 Å². The lowest BCUT2D eigenvalue weighted by Crippen LogP contribution is -2.35. The van der Waals surface area contributed by atoms with Gasteiger partial charge in [-0.15, -0.1) is 0 Å². The number of aliphatic hydroxyl groups excluding tert-OH is 1. The molecular formula is C11H15N3O3S. The zero-order valence-corrected chi connectivity index (χ0v) is 11.0. The first-order valence-electron chi connectivity index (χ1n) is 5.41. The normalized spacial score (nSPS) is 13.3. The molecule has 1 heterocycles. The first-order valence-corrected chi connectivity index (χ1v) is 6.89. The smallest absolute Gasteiger partial charge is 0.243 e. The minimum absolute atomic E-state index is 0.0583. The highest BCUT2D eigenvalue weighted by Gasteiger charge is 2.21. The predicted molar refractivity (Wildman–Crippen MR) is 65.0 cm³/mol. The summed E-state index contributed by atoms with van der Waals surface area (Å²) in [6, 6.07) is 4.46. The number of nitrogens with one attached hydrogen (secondary N) is 1. The molecule has 0 aliphatic heterocycles. The molecule has 0 aliphatic carbocycles. The van der Waals surface area contributed by atoms with E-state index in [0.717, 1.165) is 0 Å². The quantitative estimate of drug-likeness (QED) is 0.797. The van der Waals surface area contributed by atoms with E-state index in [-0.39, 0.29) is 23.1 Å². The second-order valence-electron chi connectivity index (χ2n) is 4.13. The first kappa shape index (κ1) is 14.6. The fourth-order valence-corrected chi connectivity index (χ4v) is 2.36. The molecule has 0 amide bonds. The summed E-state index contributed by atoms with van der Waals surface area (Å²) in [7, 11) is -3.83. The molecule has 0 aliphatic rings. The molecule has 1 aromatic heterocycles. The van der Waals surface area contributed by atoms with Crippen LogP contribution >= 0.6 is 0 Å². The third-order valence-electron chi connectivity index (χ3n) is 2.42. The molecule has 1 atom stereocenters. The van der Waals surface area contributed by atoms with Gasteiger partial charge in [0.25, 0.3) is 0 Å². The highest BCUT2D eigenvalue weighted by atomic mass is 32.2. The summed E-state index contributed by atoms with van der Waals surface area (Å²) in [4.78, 5) is 3.51. The van der Waals surface area contributed by atoms with Crippen molar-refractivity contribution in [3.63, 3.8) is 0 Å². The van der Waals surface area contributed by atoms with Gasteiger partial charge in [0.05, 0.1) is 6.10 Å². The van der Waals surface area contributed by atoms with Crippen LogP contribution in [0.5, 0.6) is 0 Å². The van der Waals surface area contributed by atoms with Crippen LogP contribution in [0.1, 0.15) is 19.5 Å². The first-order chi connectivity index (χ1) is 8.38. The van der Waals surface area contributed by atoms with Gasteiger partial charge in [0.1, 0.15) is 11.0 Å². The van der Waals surface area contributed by atoms with Gasteiger partial charge in [-0.2, -0.15) is 5.26 Å². The number of aliphatic hydroxyl groups is 1.